The van der Waals surface area contributed by atoms with Gasteiger partial charge in [0.1, 0.15) is 6.04 Å². The molecule has 3 amide bonds. The Kier molecular flexibility index (Phi) is 7.16. The highest BCUT2D eigenvalue weighted by Gasteiger charge is 2.23. The first kappa shape index (κ1) is 21.4. The number of thiazole rings is 1. The number of nitrogens with one attached hydrogen (secondary N) is 3. The number of benzene rings is 1. The summed E-state index contributed by atoms with van der Waals surface area (Å²) in [7, 11) is 1.37. The van der Waals surface area contributed by atoms with Crippen molar-refractivity contribution in [1.82, 2.24) is 15.6 Å². The fourth-order valence-electron chi connectivity index (χ4n) is 2.21. The third-order valence-corrected chi connectivity index (χ3v) is 4.55. The van der Waals surface area contributed by atoms with Gasteiger partial charge in [-0.2, -0.15) is 0 Å². The van der Waals surface area contributed by atoms with E-state index in [0.29, 0.717) is 10.8 Å². The van der Waals surface area contributed by atoms with E-state index in [1.807, 2.05) is 0 Å². The molecule has 0 fully saturated rings. The normalized spacial score (nSPS) is 11.8. The summed E-state index contributed by atoms with van der Waals surface area (Å²) in [5.41, 5.74) is 0.511. The van der Waals surface area contributed by atoms with E-state index in [-0.39, 0.29) is 23.8 Å². The summed E-state index contributed by atoms with van der Waals surface area (Å²) in [6.45, 7) is 3.49. The largest absolute Gasteiger partial charge is 0.357 e. The van der Waals surface area contributed by atoms with E-state index < -0.39 is 29.5 Å². The van der Waals surface area contributed by atoms with Crippen LogP contribution in [-0.4, -0.2) is 29.8 Å². The second-order valence-electron chi connectivity index (χ2n) is 6.25. The van der Waals surface area contributed by atoms with Crippen molar-refractivity contribution in [3.8, 4) is 0 Å². The molecule has 150 valence electrons. The number of aromatic nitrogens is 1. The minimum Gasteiger partial charge on any atom is -0.357 e. The van der Waals surface area contributed by atoms with Crippen LogP contribution in [0.2, 0.25) is 0 Å². The Hall–Kier alpha value is -2.88. The van der Waals surface area contributed by atoms with Crippen molar-refractivity contribution in [2.45, 2.75) is 26.3 Å². The Morgan fingerprint density at radius 2 is 1.86 bits per heavy atom. The van der Waals surface area contributed by atoms with Crippen molar-refractivity contribution in [3.05, 3.63) is 46.5 Å². The number of rotatable bonds is 7. The highest BCUT2D eigenvalue weighted by atomic mass is 32.1. The van der Waals surface area contributed by atoms with Gasteiger partial charge in [-0.3, -0.25) is 14.4 Å². The number of halogens is 2. The molecule has 0 spiro atoms. The molecular formula is C18H20F2N4O3S. The lowest BCUT2D eigenvalue weighted by molar-refractivity contribution is -0.128. The molecule has 1 unspecified atom stereocenters. The number of hydrogen-bond acceptors (Lipinski definition) is 5. The van der Waals surface area contributed by atoms with Gasteiger partial charge in [-0.25, -0.2) is 13.8 Å². The summed E-state index contributed by atoms with van der Waals surface area (Å²) in [6.07, 6.45) is -0.148. The van der Waals surface area contributed by atoms with Crippen molar-refractivity contribution in [2.24, 2.45) is 5.92 Å². The number of hydrogen-bond donors (Lipinski definition) is 3. The van der Waals surface area contributed by atoms with Crippen LogP contribution in [-0.2, 0) is 20.8 Å². The Balaban J connectivity index is 2.08. The minimum absolute atomic E-state index is 0.106. The van der Waals surface area contributed by atoms with E-state index >= 15 is 0 Å². The van der Waals surface area contributed by atoms with E-state index in [2.05, 4.69) is 20.9 Å². The molecule has 10 heteroatoms. The quantitative estimate of drug-likeness (QED) is 0.651. The van der Waals surface area contributed by atoms with Crippen LogP contribution in [0, 0.1) is 17.6 Å². The fraction of sp³-hybridized carbons (Fsp3) is 0.333. The number of nitrogens with zero attached hydrogens (tertiary/aromatic N) is 1. The predicted octanol–water partition coefficient (Wildman–Crippen LogP) is 2.16. The number of carbonyl (C=O) groups excluding carboxylic acids is 3. The number of carbonyl (C=O) groups is 3. The van der Waals surface area contributed by atoms with Gasteiger partial charge in [0.05, 0.1) is 12.1 Å². The van der Waals surface area contributed by atoms with Crippen LogP contribution in [0.25, 0.3) is 0 Å². The van der Waals surface area contributed by atoms with Crippen molar-refractivity contribution < 1.29 is 23.2 Å². The lowest BCUT2D eigenvalue weighted by Gasteiger charge is -2.17. The van der Waals surface area contributed by atoms with Gasteiger partial charge in [0.25, 0.3) is 0 Å². The molecule has 0 bridgehead atoms. The zero-order valence-electron chi connectivity index (χ0n) is 15.5. The molecule has 1 heterocycles. The van der Waals surface area contributed by atoms with Crippen molar-refractivity contribution >= 4 is 34.2 Å². The molecule has 28 heavy (non-hydrogen) atoms. The first-order chi connectivity index (χ1) is 13.2. The Morgan fingerprint density at radius 1 is 1.14 bits per heavy atom. The second-order valence-corrected chi connectivity index (χ2v) is 7.11. The maximum absolute atomic E-state index is 13.5. The minimum atomic E-state index is -1.19. The monoisotopic (exact) mass is 410 g/mol. The van der Waals surface area contributed by atoms with Gasteiger partial charge in [-0.05, 0) is 17.7 Å². The first-order valence-electron chi connectivity index (χ1n) is 8.42. The van der Waals surface area contributed by atoms with E-state index in [1.165, 1.54) is 24.5 Å². The Bertz CT molecular complexity index is 885. The molecule has 0 saturated heterocycles. The fourth-order valence-corrected chi connectivity index (χ4v) is 2.92. The van der Waals surface area contributed by atoms with Crippen LogP contribution in [0.5, 0.6) is 0 Å². The topological polar surface area (TPSA) is 100 Å². The molecule has 2 rings (SSSR count). The lowest BCUT2D eigenvalue weighted by atomic mass is 10.1. The summed E-state index contributed by atoms with van der Waals surface area (Å²) in [5, 5.41) is 9.47. The van der Waals surface area contributed by atoms with Crippen LogP contribution in [0.1, 0.15) is 31.1 Å². The molecule has 1 aromatic carbocycles. The van der Waals surface area contributed by atoms with E-state index in [0.717, 1.165) is 12.1 Å². The van der Waals surface area contributed by atoms with Gasteiger partial charge in [0, 0.05) is 18.3 Å². The van der Waals surface area contributed by atoms with Crippen LogP contribution in [0.15, 0.2) is 23.6 Å². The van der Waals surface area contributed by atoms with Gasteiger partial charge < -0.3 is 16.0 Å². The van der Waals surface area contributed by atoms with E-state index in [1.54, 1.807) is 19.2 Å². The number of amides is 3. The smallest absolute Gasteiger partial charge is 0.246 e. The van der Waals surface area contributed by atoms with Crippen LogP contribution in [0.4, 0.5) is 13.9 Å². The molecule has 3 N–H and O–H groups in total. The van der Waals surface area contributed by atoms with Gasteiger partial charge in [0.2, 0.25) is 17.7 Å². The lowest BCUT2D eigenvalue weighted by Crippen LogP contribution is -2.39. The van der Waals surface area contributed by atoms with Crippen molar-refractivity contribution in [3.63, 3.8) is 0 Å². The Labute approximate surface area is 164 Å². The summed E-state index contributed by atoms with van der Waals surface area (Å²) in [4.78, 5) is 40.2. The molecule has 0 radical (unpaired) electrons. The average Bonchev–Trinajstić information content (AvgIpc) is 3.08. The van der Waals surface area contributed by atoms with Crippen LogP contribution >= 0.6 is 11.3 Å². The Morgan fingerprint density at radius 3 is 2.46 bits per heavy atom. The predicted molar refractivity (Wildman–Crippen MR) is 101 cm³/mol. The van der Waals surface area contributed by atoms with E-state index in [4.69, 9.17) is 0 Å². The SMILES string of the molecule is CNC(=O)C(NC(=O)Cc1csc(NC(=O)C(C)C)n1)c1ccc(F)c(F)c1. The molecule has 0 saturated carbocycles. The molecule has 7 nitrogen and oxygen atoms in total. The van der Waals surface area contributed by atoms with Crippen molar-refractivity contribution in [1.29, 1.82) is 0 Å². The summed E-state index contributed by atoms with van der Waals surface area (Å²) >= 11 is 1.17. The maximum atomic E-state index is 13.5. The van der Waals surface area contributed by atoms with Gasteiger partial charge in [0.15, 0.2) is 16.8 Å². The third-order valence-electron chi connectivity index (χ3n) is 3.74. The van der Waals surface area contributed by atoms with E-state index in [9.17, 15) is 23.2 Å². The van der Waals surface area contributed by atoms with Crippen molar-refractivity contribution in [2.75, 3.05) is 12.4 Å². The summed E-state index contributed by atoms with van der Waals surface area (Å²) in [5.74, 6) is -3.69. The molecule has 0 aliphatic heterocycles. The highest BCUT2D eigenvalue weighted by Crippen LogP contribution is 2.19. The maximum Gasteiger partial charge on any atom is 0.246 e. The summed E-state index contributed by atoms with van der Waals surface area (Å²) in [6, 6.07) is 1.78. The molecule has 1 atom stereocenters. The standard InChI is InChI=1S/C18H20F2N4O3S/c1-9(2)16(26)24-18-22-11(8-28-18)7-14(25)23-15(17(27)21-3)10-4-5-12(19)13(20)6-10/h4-6,8-9,15H,7H2,1-3H3,(H,21,27)(H,23,25)(H,22,24,26). The third kappa shape index (κ3) is 5.56. The van der Waals surface area contributed by atoms with Gasteiger partial charge in [-0.1, -0.05) is 19.9 Å². The van der Waals surface area contributed by atoms with Gasteiger partial charge in [-0.15, -0.1) is 11.3 Å². The van der Waals surface area contributed by atoms with Gasteiger partial charge >= 0.3 is 0 Å². The highest BCUT2D eigenvalue weighted by molar-refractivity contribution is 7.13. The molecular weight excluding hydrogens is 390 g/mol. The molecule has 1 aromatic heterocycles. The number of anilines is 1. The van der Waals surface area contributed by atoms with Crippen LogP contribution in [0.3, 0.4) is 0 Å². The second kappa shape index (κ2) is 9.36. The molecule has 0 aliphatic carbocycles. The average molecular weight is 410 g/mol. The summed E-state index contributed by atoms with van der Waals surface area (Å²) < 4.78 is 26.6. The van der Waals surface area contributed by atoms with Crippen LogP contribution < -0.4 is 16.0 Å². The zero-order chi connectivity index (χ0) is 20.8. The number of likely N-dealkylation sites (N-methyl/N-ethyl adjacent to an activating group) is 1. The molecule has 2 aromatic rings. The first-order valence-corrected chi connectivity index (χ1v) is 9.30. The zero-order valence-corrected chi connectivity index (χ0v) is 16.3. The molecule has 0 aliphatic rings.